The van der Waals surface area contributed by atoms with E-state index in [0.29, 0.717) is 11.8 Å². The van der Waals surface area contributed by atoms with Crippen LogP contribution in [0.3, 0.4) is 0 Å². The highest BCUT2D eigenvalue weighted by atomic mass is 35.5. The summed E-state index contributed by atoms with van der Waals surface area (Å²) in [5.74, 6) is 1.22. The number of nitrogen functional groups attached to an aromatic ring is 1. The minimum atomic E-state index is 0.150. The summed E-state index contributed by atoms with van der Waals surface area (Å²) in [6.07, 6.45) is 0. The first-order valence-electron chi connectivity index (χ1n) is 6.74. The molecule has 1 aromatic heterocycles. The van der Waals surface area contributed by atoms with E-state index in [1.807, 2.05) is 65.6 Å². The van der Waals surface area contributed by atoms with Crippen molar-refractivity contribution in [2.75, 3.05) is 10.6 Å². The molecule has 1 heterocycles. The number of rotatable bonds is 4. The van der Waals surface area contributed by atoms with E-state index < -0.39 is 0 Å². The lowest BCUT2D eigenvalue weighted by Crippen LogP contribution is -2.16. The molecular weight excluding hydrogens is 298 g/mol. The van der Waals surface area contributed by atoms with Crippen molar-refractivity contribution in [1.29, 1.82) is 0 Å². The Morgan fingerprint density at radius 3 is 1.86 bits per heavy atom. The zero-order valence-corrected chi connectivity index (χ0v) is 12.5. The fourth-order valence-corrected chi connectivity index (χ4v) is 2.24. The Labute approximate surface area is 133 Å². The number of nitrogens with two attached hydrogens (primary N) is 1. The van der Waals surface area contributed by atoms with Gasteiger partial charge in [-0.2, -0.15) is 15.0 Å². The fourth-order valence-electron chi connectivity index (χ4n) is 2.12. The van der Waals surface area contributed by atoms with E-state index in [4.69, 9.17) is 17.3 Å². The normalized spacial score (nSPS) is 10.4. The van der Waals surface area contributed by atoms with Gasteiger partial charge >= 0.3 is 0 Å². The topological polar surface area (TPSA) is 67.9 Å². The Balaban J connectivity index is 2.16. The summed E-state index contributed by atoms with van der Waals surface area (Å²) >= 11 is 5.84. The molecule has 0 unspecified atom stereocenters. The van der Waals surface area contributed by atoms with E-state index in [1.165, 1.54) is 0 Å². The molecular formula is C16H14ClN5. The molecule has 0 aliphatic heterocycles. The molecule has 5 nitrogen and oxygen atoms in total. The maximum atomic E-state index is 5.84. The molecule has 6 heteroatoms. The summed E-state index contributed by atoms with van der Waals surface area (Å²) in [5, 5.41) is 0. The maximum absolute atomic E-state index is 5.84. The van der Waals surface area contributed by atoms with Crippen molar-refractivity contribution in [3.63, 3.8) is 0 Å². The summed E-state index contributed by atoms with van der Waals surface area (Å²) in [4.78, 5) is 14.6. The molecule has 2 aromatic carbocycles. The van der Waals surface area contributed by atoms with Crippen LogP contribution in [-0.2, 0) is 5.88 Å². The molecule has 0 fully saturated rings. The second kappa shape index (κ2) is 6.41. The number of alkyl halides is 1. The van der Waals surface area contributed by atoms with Crippen LogP contribution in [-0.4, -0.2) is 15.0 Å². The molecule has 0 bridgehead atoms. The van der Waals surface area contributed by atoms with Gasteiger partial charge in [-0.05, 0) is 24.3 Å². The van der Waals surface area contributed by atoms with Crippen LogP contribution < -0.4 is 10.6 Å². The van der Waals surface area contributed by atoms with Crippen LogP contribution in [0.2, 0.25) is 0 Å². The SMILES string of the molecule is Nc1nc(CCl)nc(N(c2ccccc2)c2ccccc2)n1. The van der Waals surface area contributed by atoms with Gasteiger partial charge < -0.3 is 5.73 Å². The second-order valence-electron chi connectivity index (χ2n) is 4.55. The largest absolute Gasteiger partial charge is 0.368 e. The smallest absolute Gasteiger partial charge is 0.239 e. The number of hydrogen-bond donors (Lipinski definition) is 1. The van der Waals surface area contributed by atoms with E-state index in [9.17, 15) is 0 Å². The van der Waals surface area contributed by atoms with Crippen LogP contribution in [0, 0.1) is 0 Å². The highest BCUT2D eigenvalue weighted by Crippen LogP contribution is 2.31. The lowest BCUT2D eigenvalue weighted by molar-refractivity contribution is 0.951. The summed E-state index contributed by atoms with van der Waals surface area (Å²) in [6.45, 7) is 0. The Morgan fingerprint density at radius 2 is 1.36 bits per heavy atom. The molecule has 2 N–H and O–H groups in total. The van der Waals surface area contributed by atoms with Gasteiger partial charge in [0.05, 0.1) is 5.88 Å². The molecule has 0 saturated carbocycles. The quantitative estimate of drug-likeness (QED) is 0.745. The third-order valence-electron chi connectivity index (χ3n) is 3.04. The molecule has 0 spiro atoms. The van der Waals surface area contributed by atoms with Crippen LogP contribution in [0.1, 0.15) is 5.82 Å². The maximum Gasteiger partial charge on any atom is 0.239 e. The fraction of sp³-hybridized carbons (Fsp3) is 0.0625. The van der Waals surface area contributed by atoms with Crippen LogP contribution in [0.25, 0.3) is 0 Å². The number of para-hydroxylation sites is 2. The van der Waals surface area contributed by atoms with Crippen molar-refractivity contribution < 1.29 is 0 Å². The second-order valence-corrected chi connectivity index (χ2v) is 4.82. The molecule has 0 radical (unpaired) electrons. The molecule has 0 atom stereocenters. The summed E-state index contributed by atoms with van der Waals surface area (Å²) < 4.78 is 0. The lowest BCUT2D eigenvalue weighted by atomic mass is 10.2. The minimum Gasteiger partial charge on any atom is -0.368 e. The predicted molar refractivity (Wildman–Crippen MR) is 88.5 cm³/mol. The summed E-state index contributed by atoms with van der Waals surface area (Å²) in [7, 11) is 0. The zero-order chi connectivity index (χ0) is 15.4. The van der Waals surface area contributed by atoms with E-state index in [0.717, 1.165) is 11.4 Å². The van der Waals surface area contributed by atoms with Gasteiger partial charge in [0.1, 0.15) is 0 Å². The van der Waals surface area contributed by atoms with E-state index in [1.54, 1.807) is 0 Å². The van der Waals surface area contributed by atoms with Gasteiger partial charge in [0.2, 0.25) is 11.9 Å². The van der Waals surface area contributed by atoms with Crippen molar-refractivity contribution in [3.8, 4) is 0 Å². The van der Waals surface area contributed by atoms with Gasteiger partial charge in [-0.1, -0.05) is 36.4 Å². The van der Waals surface area contributed by atoms with Crippen molar-refractivity contribution in [1.82, 2.24) is 15.0 Å². The highest BCUT2D eigenvalue weighted by molar-refractivity contribution is 6.16. The standard InChI is InChI=1S/C16H14ClN5/c17-11-14-19-15(18)21-16(20-14)22(12-7-3-1-4-8-12)13-9-5-2-6-10-13/h1-10H,11H2,(H2,18,19,20,21). The van der Waals surface area contributed by atoms with Crippen LogP contribution in [0.5, 0.6) is 0 Å². The van der Waals surface area contributed by atoms with Gasteiger partial charge in [-0.3, -0.25) is 4.90 Å². The highest BCUT2D eigenvalue weighted by Gasteiger charge is 2.16. The number of hydrogen-bond acceptors (Lipinski definition) is 5. The van der Waals surface area contributed by atoms with Gasteiger partial charge in [-0.15, -0.1) is 11.6 Å². The zero-order valence-electron chi connectivity index (χ0n) is 11.7. The first-order chi connectivity index (χ1) is 10.8. The Hall–Kier alpha value is -2.66. The van der Waals surface area contributed by atoms with E-state index in [2.05, 4.69) is 15.0 Å². The number of benzene rings is 2. The summed E-state index contributed by atoms with van der Waals surface area (Å²) in [6, 6.07) is 19.7. The Morgan fingerprint density at radius 1 is 0.818 bits per heavy atom. The summed E-state index contributed by atoms with van der Waals surface area (Å²) in [5.41, 5.74) is 7.64. The number of anilines is 4. The van der Waals surface area contributed by atoms with Gasteiger partial charge in [-0.25, -0.2) is 0 Å². The Kier molecular flexibility index (Phi) is 4.16. The average molecular weight is 312 g/mol. The van der Waals surface area contributed by atoms with Crippen LogP contribution in [0.15, 0.2) is 60.7 Å². The molecule has 0 aliphatic rings. The molecule has 110 valence electrons. The first-order valence-corrected chi connectivity index (χ1v) is 7.28. The third kappa shape index (κ3) is 2.99. The molecule has 22 heavy (non-hydrogen) atoms. The number of halogens is 1. The van der Waals surface area contributed by atoms with Crippen LogP contribution >= 0.6 is 11.6 Å². The first kappa shape index (κ1) is 14.3. The van der Waals surface area contributed by atoms with E-state index >= 15 is 0 Å². The Bertz CT molecular complexity index is 709. The molecule has 3 rings (SSSR count). The van der Waals surface area contributed by atoms with Gasteiger partial charge in [0.15, 0.2) is 5.82 Å². The molecule has 0 amide bonds. The van der Waals surface area contributed by atoms with Gasteiger partial charge in [0, 0.05) is 11.4 Å². The van der Waals surface area contributed by atoms with Crippen molar-refractivity contribution in [2.45, 2.75) is 5.88 Å². The lowest BCUT2D eigenvalue weighted by Gasteiger charge is -2.23. The van der Waals surface area contributed by atoms with E-state index in [-0.39, 0.29) is 11.8 Å². The van der Waals surface area contributed by atoms with Crippen molar-refractivity contribution >= 4 is 34.9 Å². The van der Waals surface area contributed by atoms with Gasteiger partial charge in [0.25, 0.3) is 0 Å². The van der Waals surface area contributed by atoms with Crippen molar-refractivity contribution in [3.05, 3.63) is 66.5 Å². The number of nitrogens with zero attached hydrogens (tertiary/aromatic N) is 4. The van der Waals surface area contributed by atoms with Crippen molar-refractivity contribution in [2.24, 2.45) is 0 Å². The molecule has 0 saturated heterocycles. The monoisotopic (exact) mass is 311 g/mol. The predicted octanol–water partition coefficient (Wildman–Crippen LogP) is 3.66. The molecule has 0 aliphatic carbocycles. The third-order valence-corrected chi connectivity index (χ3v) is 3.27. The number of aromatic nitrogens is 3. The molecule has 3 aromatic rings. The van der Waals surface area contributed by atoms with Crippen LogP contribution in [0.4, 0.5) is 23.3 Å². The minimum absolute atomic E-state index is 0.150. The average Bonchev–Trinajstić information content (AvgIpc) is 2.56.